The minimum absolute atomic E-state index is 0.125. The van der Waals surface area contributed by atoms with Gasteiger partial charge in [-0.25, -0.2) is 0 Å². The summed E-state index contributed by atoms with van der Waals surface area (Å²) >= 11 is 0. The molecule has 0 aliphatic carbocycles. The molecule has 0 saturated heterocycles. The maximum absolute atomic E-state index is 10.8. The molecule has 0 aromatic rings. The Balaban J connectivity index is 3.46. The first-order chi connectivity index (χ1) is 4.22. The highest BCUT2D eigenvalue weighted by atomic mass is 16.2. The molecule has 0 aliphatic heterocycles. The molecule has 0 aromatic heterocycles. The molecule has 0 radical (unpaired) electrons. The van der Waals surface area contributed by atoms with Gasteiger partial charge in [-0.05, 0) is 6.92 Å². The molecule has 9 heavy (non-hydrogen) atoms. The topological polar surface area (TPSA) is 46.3 Å². The minimum Gasteiger partial charge on any atom is -0.346 e. The van der Waals surface area contributed by atoms with Crippen molar-refractivity contribution in [2.24, 2.45) is 5.73 Å². The second-order valence-electron chi connectivity index (χ2n) is 1.95. The standard InChI is InChI=1S/C6H14N2O/c1-3-8(2)6(9)4-5-7/h3-5,7H2,1-2H3. The van der Waals surface area contributed by atoms with Crippen LogP contribution in [0.4, 0.5) is 0 Å². The Hall–Kier alpha value is -0.570. The maximum Gasteiger partial charge on any atom is 0.223 e. The molecule has 0 saturated carbocycles. The van der Waals surface area contributed by atoms with Crippen LogP contribution in [0.1, 0.15) is 13.3 Å². The highest BCUT2D eigenvalue weighted by molar-refractivity contribution is 5.75. The van der Waals surface area contributed by atoms with Gasteiger partial charge in [0.25, 0.3) is 0 Å². The van der Waals surface area contributed by atoms with Crippen molar-refractivity contribution >= 4 is 5.91 Å². The van der Waals surface area contributed by atoms with Gasteiger partial charge >= 0.3 is 0 Å². The zero-order valence-electron chi connectivity index (χ0n) is 6.05. The maximum atomic E-state index is 10.8. The zero-order chi connectivity index (χ0) is 7.28. The molecule has 3 nitrogen and oxygen atoms in total. The average Bonchev–Trinajstić information content (AvgIpc) is 1.87. The van der Waals surface area contributed by atoms with Crippen LogP contribution in [-0.2, 0) is 4.79 Å². The van der Waals surface area contributed by atoms with Crippen molar-refractivity contribution in [3.8, 4) is 0 Å². The van der Waals surface area contributed by atoms with E-state index in [4.69, 9.17) is 5.73 Å². The van der Waals surface area contributed by atoms with Crippen LogP contribution in [0, 0.1) is 0 Å². The van der Waals surface area contributed by atoms with Crippen molar-refractivity contribution in [2.75, 3.05) is 20.1 Å². The monoisotopic (exact) mass is 130 g/mol. The molecule has 0 rings (SSSR count). The van der Waals surface area contributed by atoms with E-state index in [-0.39, 0.29) is 5.91 Å². The lowest BCUT2D eigenvalue weighted by molar-refractivity contribution is -0.129. The number of carbonyl (C=O) groups is 1. The predicted molar refractivity (Wildman–Crippen MR) is 37.0 cm³/mol. The average molecular weight is 130 g/mol. The SMILES string of the molecule is CCN(C)C(=O)CCN. The Bertz CT molecular complexity index is 93.1. The molecule has 0 heterocycles. The number of rotatable bonds is 3. The fourth-order valence-electron chi connectivity index (χ4n) is 0.491. The third kappa shape index (κ3) is 3.08. The summed E-state index contributed by atoms with van der Waals surface area (Å²) in [6.07, 6.45) is 0.463. The van der Waals surface area contributed by atoms with Crippen molar-refractivity contribution < 1.29 is 4.79 Å². The molecule has 0 atom stereocenters. The van der Waals surface area contributed by atoms with Crippen LogP contribution >= 0.6 is 0 Å². The Morgan fingerprint density at radius 1 is 1.67 bits per heavy atom. The molecule has 0 unspecified atom stereocenters. The Morgan fingerprint density at radius 3 is 2.56 bits per heavy atom. The van der Waals surface area contributed by atoms with Crippen molar-refractivity contribution in [3.63, 3.8) is 0 Å². The van der Waals surface area contributed by atoms with Gasteiger partial charge in [0.2, 0.25) is 5.91 Å². The van der Waals surface area contributed by atoms with Crippen molar-refractivity contribution in [3.05, 3.63) is 0 Å². The van der Waals surface area contributed by atoms with Crippen LogP contribution in [0.2, 0.25) is 0 Å². The van der Waals surface area contributed by atoms with Gasteiger partial charge in [0.1, 0.15) is 0 Å². The van der Waals surface area contributed by atoms with Crippen molar-refractivity contribution in [2.45, 2.75) is 13.3 Å². The van der Waals surface area contributed by atoms with E-state index in [9.17, 15) is 4.79 Å². The minimum atomic E-state index is 0.125. The van der Waals surface area contributed by atoms with Crippen LogP contribution in [0.15, 0.2) is 0 Å². The highest BCUT2D eigenvalue weighted by Crippen LogP contribution is 1.86. The fraction of sp³-hybridized carbons (Fsp3) is 0.833. The summed E-state index contributed by atoms with van der Waals surface area (Å²) in [6, 6.07) is 0. The Kier molecular flexibility index (Phi) is 4.05. The first-order valence-corrected chi connectivity index (χ1v) is 3.16. The number of carbonyl (C=O) groups excluding carboxylic acids is 1. The van der Waals surface area contributed by atoms with Gasteiger partial charge in [-0.15, -0.1) is 0 Å². The van der Waals surface area contributed by atoms with E-state index in [0.29, 0.717) is 13.0 Å². The van der Waals surface area contributed by atoms with E-state index in [1.54, 1.807) is 11.9 Å². The van der Waals surface area contributed by atoms with Gasteiger partial charge in [0.15, 0.2) is 0 Å². The summed E-state index contributed by atoms with van der Waals surface area (Å²) in [6.45, 7) is 3.15. The van der Waals surface area contributed by atoms with E-state index in [1.165, 1.54) is 0 Å². The molecule has 0 fully saturated rings. The number of nitrogens with zero attached hydrogens (tertiary/aromatic N) is 1. The zero-order valence-corrected chi connectivity index (χ0v) is 6.05. The second-order valence-corrected chi connectivity index (χ2v) is 1.95. The number of amides is 1. The van der Waals surface area contributed by atoms with Gasteiger partial charge in [-0.2, -0.15) is 0 Å². The number of hydrogen-bond acceptors (Lipinski definition) is 2. The van der Waals surface area contributed by atoms with Gasteiger partial charge in [-0.3, -0.25) is 4.79 Å². The Labute approximate surface area is 55.8 Å². The van der Waals surface area contributed by atoms with Crippen molar-refractivity contribution in [1.82, 2.24) is 4.90 Å². The lowest BCUT2D eigenvalue weighted by atomic mass is 10.4. The lowest BCUT2D eigenvalue weighted by Gasteiger charge is -2.12. The van der Waals surface area contributed by atoms with Crippen LogP contribution in [-0.4, -0.2) is 30.9 Å². The van der Waals surface area contributed by atoms with E-state index in [2.05, 4.69) is 0 Å². The first kappa shape index (κ1) is 8.43. The molecule has 54 valence electrons. The summed E-state index contributed by atoms with van der Waals surface area (Å²) in [5.74, 6) is 0.125. The van der Waals surface area contributed by atoms with Crippen LogP contribution in [0.25, 0.3) is 0 Å². The first-order valence-electron chi connectivity index (χ1n) is 3.16. The highest BCUT2D eigenvalue weighted by Gasteiger charge is 2.02. The second kappa shape index (κ2) is 4.32. The smallest absolute Gasteiger partial charge is 0.223 e. The molecule has 0 aliphatic rings. The van der Waals surface area contributed by atoms with E-state index < -0.39 is 0 Å². The molecule has 0 aromatic carbocycles. The molecular formula is C6H14N2O. The summed E-state index contributed by atoms with van der Waals surface area (Å²) < 4.78 is 0. The largest absolute Gasteiger partial charge is 0.346 e. The fourth-order valence-corrected chi connectivity index (χ4v) is 0.491. The predicted octanol–water partition coefficient (Wildman–Crippen LogP) is -0.186. The van der Waals surface area contributed by atoms with Gasteiger partial charge in [0.05, 0.1) is 0 Å². The van der Waals surface area contributed by atoms with E-state index >= 15 is 0 Å². The summed E-state index contributed by atoms with van der Waals surface area (Å²) in [7, 11) is 1.78. The van der Waals surface area contributed by atoms with Gasteiger partial charge < -0.3 is 10.6 Å². The third-order valence-corrected chi connectivity index (χ3v) is 1.26. The van der Waals surface area contributed by atoms with Gasteiger partial charge in [-0.1, -0.05) is 0 Å². The number of hydrogen-bond donors (Lipinski definition) is 1. The molecule has 0 spiro atoms. The van der Waals surface area contributed by atoms with Crippen LogP contribution in [0.3, 0.4) is 0 Å². The quantitative estimate of drug-likeness (QED) is 0.575. The molecule has 2 N–H and O–H groups in total. The lowest BCUT2D eigenvalue weighted by Crippen LogP contribution is -2.27. The van der Waals surface area contributed by atoms with Crippen molar-refractivity contribution in [1.29, 1.82) is 0 Å². The molecular weight excluding hydrogens is 116 g/mol. The third-order valence-electron chi connectivity index (χ3n) is 1.26. The number of nitrogens with two attached hydrogens (primary N) is 1. The summed E-state index contributed by atoms with van der Waals surface area (Å²) in [4.78, 5) is 12.5. The summed E-state index contributed by atoms with van der Waals surface area (Å²) in [5, 5.41) is 0. The molecule has 0 bridgehead atoms. The molecule has 1 amide bonds. The van der Waals surface area contributed by atoms with Crippen LogP contribution < -0.4 is 5.73 Å². The normalized spacial score (nSPS) is 9.22. The molecule has 3 heteroatoms. The van der Waals surface area contributed by atoms with E-state index in [0.717, 1.165) is 6.54 Å². The Morgan fingerprint density at radius 2 is 2.22 bits per heavy atom. The summed E-state index contributed by atoms with van der Waals surface area (Å²) in [5.41, 5.74) is 5.17. The van der Waals surface area contributed by atoms with E-state index in [1.807, 2.05) is 6.92 Å². The van der Waals surface area contributed by atoms with Crippen LogP contribution in [0.5, 0.6) is 0 Å². The van der Waals surface area contributed by atoms with Gasteiger partial charge in [0, 0.05) is 26.6 Å².